The minimum atomic E-state index is -0.124. The molecule has 3 aromatic carbocycles. The zero-order chi connectivity index (χ0) is 21.8. The van der Waals surface area contributed by atoms with Crippen LogP contribution < -0.4 is 10.2 Å². The highest BCUT2D eigenvalue weighted by Gasteiger charge is 2.27. The number of ketones is 1. The van der Waals surface area contributed by atoms with Gasteiger partial charge < -0.3 is 10.2 Å². The molecule has 156 valence electrons. The van der Waals surface area contributed by atoms with Gasteiger partial charge in [-0.2, -0.15) is 0 Å². The summed E-state index contributed by atoms with van der Waals surface area (Å²) in [4.78, 5) is 39.4. The predicted octanol–water partition coefficient (Wildman–Crippen LogP) is 5.33. The molecule has 1 heterocycles. The van der Waals surface area contributed by atoms with E-state index in [9.17, 15) is 14.4 Å². The summed E-state index contributed by atoms with van der Waals surface area (Å²) in [6.45, 7) is 2.30. The van der Waals surface area contributed by atoms with Crippen molar-refractivity contribution >= 4 is 29.0 Å². The average molecular weight is 412 g/mol. The quantitative estimate of drug-likeness (QED) is 0.630. The maximum atomic E-state index is 13.6. The van der Waals surface area contributed by atoms with Crippen LogP contribution in [0.4, 0.5) is 11.4 Å². The standard InChI is InChI=1S/C26H24N2O3/c1-2-25(30)27-19-15-13-18(14-16-19)20-8-3-4-9-21(20)26(31)28-17-7-12-24(29)22-10-5-6-11-23(22)28/h3-6,8-11,13-16H,2,7,12,17H2,1H3,(H,27,30). The van der Waals surface area contributed by atoms with Crippen LogP contribution in [0.1, 0.15) is 46.9 Å². The third kappa shape index (κ3) is 4.26. The number of hydrogen-bond donors (Lipinski definition) is 1. The molecular weight excluding hydrogens is 388 g/mol. The van der Waals surface area contributed by atoms with Gasteiger partial charge in [-0.25, -0.2) is 0 Å². The highest BCUT2D eigenvalue weighted by atomic mass is 16.2. The molecule has 31 heavy (non-hydrogen) atoms. The topological polar surface area (TPSA) is 66.5 Å². The summed E-state index contributed by atoms with van der Waals surface area (Å²) >= 11 is 0. The van der Waals surface area contributed by atoms with Gasteiger partial charge in [0.25, 0.3) is 5.91 Å². The van der Waals surface area contributed by atoms with Crippen molar-refractivity contribution in [3.63, 3.8) is 0 Å². The van der Waals surface area contributed by atoms with E-state index in [4.69, 9.17) is 0 Å². The highest BCUT2D eigenvalue weighted by Crippen LogP contribution is 2.31. The molecule has 0 aliphatic carbocycles. The molecule has 0 bridgehead atoms. The zero-order valence-corrected chi connectivity index (χ0v) is 17.4. The number of carbonyl (C=O) groups is 3. The molecule has 4 rings (SSSR count). The Bertz CT molecular complexity index is 1140. The first kappa shape index (κ1) is 20.5. The Morgan fingerprint density at radius 2 is 1.58 bits per heavy atom. The summed E-state index contributed by atoms with van der Waals surface area (Å²) < 4.78 is 0. The maximum Gasteiger partial charge on any atom is 0.258 e. The molecule has 5 nitrogen and oxygen atoms in total. The van der Waals surface area contributed by atoms with Crippen molar-refractivity contribution in [3.05, 3.63) is 83.9 Å². The molecule has 2 amide bonds. The van der Waals surface area contributed by atoms with Crippen LogP contribution in [0.2, 0.25) is 0 Å². The molecule has 1 N–H and O–H groups in total. The van der Waals surface area contributed by atoms with E-state index in [1.807, 2.05) is 66.7 Å². The van der Waals surface area contributed by atoms with Crippen LogP contribution in [0.3, 0.4) is 0 Å². The Labute approximate surface area is 181 Å². The zero-order valence-electron chi connectivity index (χ0n) is 17.4. The molecule has 0 fully saturated rings. The van der Waals surface area contributed by atoms with Gasteiger partial charge in [-0.3, -0.25) is 14.4 Å². The Morgan fingerprint density at radius 1 is 0.903 bits per heavy atom. The SMILES string of the molecule is CCC(=O)Nc1ccc(-c2ccccc2C(=O)N2CCCC(=O)c3ccccc32)cc1. The second-order valence-electron chi connectivity index (χ2n) is 7.53. The summed E-state index contributed by atoms with van der Waals surface area (Å²) in [5, 5.41) is 2.84. The Balaban J connectivity index is 1.69. The molecular formula is C26H24N2O3. The molecule has 0 saturated carbocycles. The average Bonchev–Trinajstić information content (AvgIpc) is 2.98. The molecule has 1 aliphatic heterocycles. The van der Waals surface area contributed by atoms with E-state index in [-0.39, 0.29) is 17.6 Å². The van der Waals surface area contributed by atoms with Gasteiger partial charge in [0.05, 0.1) is 5.69 Å². The molecule has 0 atom stereocenters. The molecule has 0 unspecified atom stereocenters. The highest BCUT2D eigenvalue weighted by molar-refractivity contribution is 6.14. The second kappa shape index (κ2) is 8.96. The Hall–Kier alpha value is -3.73. The third-order valence-corrected chi connectivity index (χ3v) is 5.48. The van der Waals surface area contributed by atoms with E-state index < -0.39 is 0 Å². The van der Waals surface area contributed by atoms with Crippen LogP contribution in [0.15, 0.2) is 72.8 Å². The van der Waals surface area contributed by atoms with Gasteiger partial charge in [-0.05, 0) is 47.9 Å². The van der Waals surface area contributed by atoms with Crippen molar-refractivity contribution < 1.29 is 14.4 Å². The molecule has 3 aromatic rings. The van der Waals surface area contributed by atoms with E-state index in [0.29, 0.717) is 42.6 Å². The number of para-hydroxylation sites is 1. The fourth-order valence-corrected chi connectivity index (χ4v) is 3.86. The number of benzene rings is 3. The Kier molecular flexibility index (Phi) is 5.94. The predicted molar refractivity (Wildman–Crippen MR) is 122 cm³/mol. The molecule has 0 radical (unpaired) electrons. The lowest BCUT2D eigenvalue weighted by Gasteiger charge is -2.24. The number of amides is 2. The van der Waals surface area contributed by atoms with Gasteiger partial charge in [0.2, 0.25) is 5.91 Å². The van der Waals surface area contributed by atoms with Gasteiger partial charge >= 0.3 is 0 Å². The van der Waals surface area contributed by atoms with Crippen LogP contribution in [-0.4, -0.2) is 24.1 Å². The number of nitrogens with one attached hydrogen (secondary N) is 1. The lowest BCUT2D eigenvalue weighted by Crippen LogP contribution is -2.32. The van der Waals surface area contributed by atoms with Crippen molar-refractivity contribution in [1.82, 2.24) is 0 Å². The van der Waals surface area contributed by atoms with Crippen LogP contribution >= 0.6 is 0 Å². The van der Waals surface area contributed by atoms with Gasteiger partial charge in [0, 0.05) is 36.2 Å². The molecule has 0 spiro atoms. The fourth-order valence-electron chi connectivity index (χ4n) is 3.86. The normalized spacial score (nSPS) is 13.3. The van der Waals surface area contributed by atoms with E-state index in [1.165, 1.54) is 0 Å². The number of carbonyl (C=O) groups excluding carboxylic acids is 3. The van der Waals surface area contributed by atoms with Crippen molar-refractivity contribution in [1.29, 1.82) is 0 Å². The van der Waals surface area contributed by atoms with Gasteiger partial charge in [-0.1, -0.05) is 49.4 Å². The first-order valence-corrected chi connectivity index (χ1v) is 10.5. The van der Waals surface area contributed by atoms with Crippen LogP contribution in [0.5, 0.6) is 0 Å². The summed E-state index contributed by atoms with van der Waals surface area (Å²) in [6, 6.07) is 22.3. The van der Waals surface area contributed by atoms with E-state index in [1.54, 1.807) is 17.9 Å². The van der Waals surface area contributed by atoms with Crippen molar-refractivity contribution in [2.75, 3.05) is 16.8 Å². The van der Waals surface area contributed by atoms with Crippen LogP contribution in [-0.2, 0) is 4.79 Å². The number of Topliss-reactive ketones (excluding diaryl/α,β-unsaturated/α-hetero) is 1. The summed E-state index contributed by atoms with van der Waals surface area (Å²) in [5.41, 5.74) is 4.27. The van der Waals surface area contributed by atoms with Crippen molar-refractivity contribution in [2.24, 2.45) is 0 Å². The second-order valence-corrected chi connectivity index (χ2v) is 7.53. The molecule has 1 aliphatic rings. The minimum Gasteiger partial charge on any atom is -0.326 e. The molecule has 0 saturated heterocycles. The first-order valence-electron chi connectivity index (χ1n) is 10.5. The number of anilines is 2. The fraction of sp³-hybridized carbons (Fsp3) is 0.192. The number of fused-ring (bicyclic) bond motifs is 1. The molecule has 5 heteroatoms. The van der Waals surface area contributed by atoms with Crippen LogP contribution in [0, 0.1) is 0 Å². The maximum absolute atomic E-state index is 13.6. The van der Waals surface area contributed by atoms with Crippen LogP contribution in [0.25, 0.3) is 11.1 Å². The number of hydrogen-bond acceptors (Lipinski definition) is 3. The third-order valence-electron chi connectivity index (χ3n) is 5.48. The number of rotatable bonds is 4. The summed E-state index contributed by atoms with van der Waals surface area (Å²) in [5.74, 6) is -0.0947. The Morgan fingerprint density at radius 3 is 2.32 bits per heavy atom. The summed E-state index contributed by atoms with van der Waals surface area (Å²) in [7, 11) is 0. The van der Waals surface area contributed by atoms with Gasteiger partial charge in [0.15, 0.2) is 5.78 Å². The lowest BCUT2D eigenvalue weighted by atomic mass is 9.98. The largest absolute Gasteiger partial charge is 0.326 e. The smallest absolute Gasteiger partial charge is 0.258 e. The summed E-state index contributed by atoms with van der Waals surface area (Å²) in [6.07, 6.45) is 1.49. The lowest BCUT2D eigenvalue weighted by molar-refractivity contribution is -0.115. The van der Waals surface area contributed by atoms with Gasteiger partial charge in [0.1, 0.15) is 0 Å². The van der Waals surface area contributed by atoms with E-state index >= 15 is 0 Å². The van der Waals surface area contributed by atoms with E-state index in [2.05, 4.69) is 5.32 Å². The monoisotopic (exact) mass is 412 g/mol. The van der Waals surface area contributed by atoms with Gasteiger partial charge in [-0.15, -0.1) is 0 Å². The first-order chi connectivity index (χ1) is 15.1. The van der Waals surface area contributed by atoms with Crippen molar-refractivity contribution in [2.45, 2.75) is 26.2 Å². The molecule has 0 aromatic heterocycles. The van der Waals surface area contributed by atoms with Crippen molar-refractivity contribution in [3.8, 4) is 11.1 Å². The number of nitrogens with zero attached hydrogens (tertiary/aromatic N) is 1. The van der Waals surface area contributed by atoms with E-state index in [0.717, 1.165) is 16.8 Å². The minimum absolute atomic E-state index is 0.0438.